The first kappa shape index (κ1) is 18.2. The van der Waals surface area contributed by atoms with Gasteiger partial charge in [0, 0.05) is 30.8 Å². The number of amides is 2. The molecule has 26 heavy (non-hydrogen) atoms. The van der Waals surface area contributed by atoms with Crippen LogP contribution in [0.4, 0.5) is 17.1 Å². The lowest BCUT2D eigenvalue weighted by Gasteiger charge is -2.18. The highest BCUT2D eigenvalue weighted by Gasteiger charge is 2.24. The van der Waals surface area contributed by atoms with Crippen molar-refractivity contribution >= 4 is 52.1 Å². The van der Waals surface area contributed by atoms with Crippen molar-refractivity contribution in [2.24, 2.45) is 0 Å². The topological polar surface area (TPSA) is 92.6 Å². The third-order valence-electron chi connectivity index (χ3n) is 3.98. The Kier molecular flexibility index (Phi) is 5.11. The van der Waals surface area contributed by atoms with Crippen molar-refractivity contribution in [2.75, 3.05) is 16.8 Å². The summed E-state index contributed by atoms with van der Waals surface area (Å²) >= 11 is 12.2. The monoisotopic (exact) mass is 393 g/mol. The minimum Gasteiger partial charge on any atom is -0.322 e. The average molecular weight is 394 g/mol. The molecule has 7 nitrogen and oxygen atoms in total. The Balaban J connectivity index is 1.82. The molecule has 2 aromatic rings. The largest absolute Gasteiger partial charge is 0.322 e. The number of nitrogens with zero attached hydrogens (tertiary/aromatic N) is 2. The second-order valence-electron chi connectivity index (χ2n) is 5.69. The van der Waals surface area contributed by atoms with Crippen molar-refractivity contribution in [1.29, 1.82) is 0 Å². The molecule has 1 saturated heterocycles. The Hall–Kier alpha value is -2.64. The van der Waals surface area contributed by atoms with E-state index in [1.165, 1.54) is 18.2 Å². The number of halogens is 2. The molecule has 2 amide bonds. The van der Waals surface area contributed by atoms with Crippen molar-refractivity contribution < 1.29 is 14.5 Å². The Morgan fingerprint density at radius 1 is 1.15 bits per heavy atom. The minimum absolute atomic E-state index is 0.00654. The average Bonchev–Trinajstić information content (AvgIpc) is 3.01. The highest BCUT2D eigenvalue weighted by Crippen LogP contribution is 2.32. The van der Waals surface area contributed by atoms with E-state index in [9.17, 15) is 19.7 Å². The van der Waals surface area contributed by atoms with Crippen molar-refractivity contribution in [3.05, 3.63) is 62.1 Å². The van der Waals surface area contributed by atoms with Crippen LogP contribution in [0.5, 0.6) is 0 Å². The van der Waals surface area contributed by atoms with Crippen LogP contribution in [-0.4, -0.2) is 23.3 Å². The summed E-state index contributed by atoms with van der Waals surface area (Å²) in [5.74, 6) is -0.591. The van der Waals surface area contributed by atoms with Crippen LogP contribution in [0.15, 0.2) is 36.4 Å². The normalized spacial score (nSPS) is 13.8. The van der Waals surface area contributed by atoms with Gasteiger partial charge < -0.3 is 10.2 Å². The van der Waals surface area contributed by atoms with Crippen LogP contribution in [0.1, 0.15) is 23.2 Å². The number of anilines is 2. The molecule has 3 rings (SSSR count). The standard InChI is InChI=1S/C17H13Cl2N3O4/c18-13-5-4-11(22(25)26)9-12(13)17(24)20-10-3-6-15(14(19)8-10)21-7-1-2-16(21)23/h3-6,8-9H,1-2,7H2,(H,20,24). The number of carbonyl (C=O) groups excluding carboxylic acids is 2. The van der Waals surface area contributed by atoms with Gasteiger partial charge in [0.15, 0.2) is 0 Å². The second kappa shape index (κ2) is 7.31. The van der Waals surface area contributed by atoms with E-state index >= 15 is 0 Å². The van der Waals surface area contributed by atoms with Crippen LogP contribution in [0.25, 0.3) is 0 Å². The third kappa shape index (κ3) is 3.63. The molecule has 0 saturated carbocycles. The smallest absolute Gasteiger partial charge is 0.270 e. The van der Waals surface area contributed by atoms with Gasteiger partial charge in [0.05, 0.1) is 26.2 Å². The Morgan fingerprint density at radius 2 is 1.92 bits per heavy atom. The maximum atomic E-state index is 12.4. The van der Waals surface area contributed by atoms with E-state index in [0.717, 1.165) is 12.5 Å². The maximum absolute atomic E-state index is 12.4. The van der Waals surface area contributed by atoms with Crippen molar-refractivity contribution in [1.82, 2.24) is 0 Å². The van der Waals surface area contributed by atoms with Gasteiger partial charge in [-0.15, -0.1) is 0 Å². The van der Waals surface area contributed by atoms with Crippen molar-refractivity contribution in [3.63, 3.8) is 0 Å². The van der Waals surface area contributed by atoms with Crippen LogP contribution >= 0.6 is 23.2 Å². The van der Waals surface area contributed by atoms with Crippen LogP contribution in [0.3, 0.4) is 0 Å². The van der Waals surface area contributed by atoms with Gasteiger partial charge in [-0.05, 0) is 30.7 Å². The first-order chi connectivity index (χ1) is 12.4. The van der Waals surface area contributed by atoms with Crippen LogP contribution in [-0.2, 0) is 4.79 Å². The minimum atomic E-state index is -0.605. The van der Waals surface area contributed by atoms with E-state index in [0.29, 0.717) is 29.4 Å². The van der Waals surface area contributed by atoms with Crippen LogP contribution < -0.4 is 10.2 Å². The van der Waals surface area contributed by atoms with E-state index < -0.39 is 10.8 Å². The van der Waals surface area contributed by atoms with Gasteiger partial charge in [0.1, 0.15) is 0 Å². The zero-order valence-electron chi connectivity index (χ0n) is 13.4. The number of nitro benzene ring substituents is 1. The lowest BCUT2D eigenvalue weighted by atomic mass is 10.1. The molecule has 0 radical (unpaired) electrons. The third-order valence-corrected chi connectivity index (χ3v) is 4.61. The quantitative estimate of drug-likeness (QED) is 0.619. The molecule has 134 valence electrons. The molecule has 1 aliphatic heterocycles. The molecule has 1 heterocycles. The van der Waals surface area contributed by atoms with Crippen molar-refractivity contribution in [2.45, 2.75) is 12.8 Å². The van der Waals surface area contributed by atoms with Gasteiger partial charge in [-0.2, -0.15) is 0 Å². The summed E-state index contributed by atoms with van der Waals surface area (Å²) in [6, 6.07) is 8.40. The number of benzene rings is 2. The molecule has 0 unspecified atom stereocenters. The number of hydrogen-bond donors (Lipinski definition) is 1. The summed E-state index contributed by atoms with van der Waals surface area (Å²) in [5, 5.41) is 13.9. The molecule has 9 heteroatoms. The van der Waals surface area contributed by atoms with Gasteiger partial charge in [-0.25, -0.2) is 0 Å². The lowest BCUT2D eigenvalue weighted by molar-refractivity contribution is -0.384. The first-order valence-corrected chi connectivity index (χ1v) is 8.47. The fourth-order valence-corrected chi connectivity index (χ4v) is 3.19. The van der Waals surface area contributed by atoms with E-state index in [2.05, 4.69) is 5.32 Å². The lowest BCUT2D eigenvalue weighted by Crippen LogP contribution is -2.24. The summed E-state index contributed by atoms with van der Waals surface area (Å²) in [6.45, 7) is 0.605. The number of non-ortho nitro benzene ring substituents is 1. The maximum Gasteiger partial charge on any atom is 0.270 e. The number of nitro groups is 1. The van der Waals surface area contributed by atoms with Gasteiger partial charge >= 0.3 is 0 Å². The van der Waals surface area contributed by atoms with E-state index in [-0.39, 0.29) is 22.2 Å². The molecule has 2 aromatic carbocycles. The zero-order valence-corrected chi connectivity index (χ0v) is 14.9. The van der Waals surface area contributed by atoms with Crippen molar-refractivity contribution in [3.8, 4) is 0 Å². The fourth-order valence-electron chi connectivity index (χ4n) is 2.71. The van der Waals surface area contributed by atoms with Gasteiger partial charge in [-0.3, -0.25) is 19.7 Å². The second-order valence-corrected chi connectivity index (χ2v) is 6.50. The van der Waals surface area contributed by atoms with Crippen LogP contribution in [0.2, 0.25) is 10.0 Å². The highest BCUT2D eigenvalue weighted by molar-refractivity contribution is 6.35. The molecule has 0 aliphatic carbocycles. The molecule has 0 bridgehead atoms. The predicted octanol–water partition coefficient (Wildman–Crippen LogP) is 4.28. The summed E-state index contributed by atoms with van der Waals surface area (Å²) in [5.41, 5.74) is 0.717. The Morgan fingerprint density at radius 3 is 2.54 bits per heavy atom. The SMILES string of the molecule is O=C(Nc1ccc(N2CCCC2=O)c(Cl)c1)c1cc([N+](=O)[O-])ccc1Cl. The molecular weight excluding hydrogens is 381 g/mol. The molecule has 1 N–H and O–H groups in total. The number of rotatable bonds is 4. The molecule has 1 aliphatic rings. The number of nitrogens with one attached hydrogen (secondary N) is 1. The predicted molar refractivity (Wildman–Crippen MR) is 99.1 cm³/mol. The zero-order chi connectivity index (χ0) is 18.8. The Bertz CT molecular complexity index is 917. The highest BCUT2D eigenvalue weighted by atomic mass is 35.5. The summed E-state index contributed by atoms with van der Waals surface area (Å²) in [7, 11) is 0. The van der Waals surface area contributed by atoms with Crippen LogP contribution in [0, 0.1) is 10.1 Å². The number of carbonyl (C=O) groups is 2. The van der Waals surface area contributed by atoms with E-state index in [1.807, 2.05) is 0 Å². The Labute approximate surface area is 158 Å². The van der Waals surface area contributed by atoms with E-state index in [4.69, 9.17) is 23.2 Å². The molecular formula is C17H13Cl2N3O4. The van der Waals surface area contributed by atoms with Gasteiger partial charge in [-0.1, -0.05) is 23.2 Å². The summed E-state index contributed by atoms with van der Waals surface area (Å²) in [6.07, 6.45) is 1.26. The van der Waals surface area contributed by atoms with Gasteiger partial charge in [0.2, 0.25) is 5.91 Å². The molecule has 0 spiro atoms. The molecule has 0 atom stereocenters. The summed E-state index contributed by atoms with van der Waals surface area (Å²) in [4.78, 5) is 36.1. The van der Waals surface area contributed by atoms with E-state index in [1.54, 1.807) is 17.0 Å². The van der Waals surface area contributed by atoms with Gasteiger partial charge in [0.25, 0.3) is 11.6 Å². The summed E-state index contributed by atoms with van der Waals surface area (Å²) < 4.78 is 0. The number of hydrogen-bond acceptors (Lipinski definition) is 4. The molecule has 0 aromatic heterocycles. The first-order valence-electron chi connectivity index (χ1n) is 7.72. The fraction of sp³-hybridized carbons (Fsp3) is 0.176. The molecule has 1 fully saturated rings.